The van der Waals surface area contributed by atoms with E-state index in [1.54, 1.807) is 7.11 Å². The molecule has 6 heteroatoms. The molecule has 0 aliphatic carbocycles. The Balaban J connectivity index is 1.73. The van der Waals surface area contributed by atoms with E-state index in [9.17, 15) is 4.79 Å². The highest BCUT2D eigenvalue weighted by molar-refractivity contribution is 5.76. The predicted octanol–water partition coefficient (Wildman–Crippen LogP) is 4.38. The van der Waals surface area contributed by atoms with Crippen LogP contribution in [0.4, 0.5) is 0 Å². The Kier molecular flexibility index (Phi) is 6.26. The van der Waals surface area contributed by atoms with E-state index in [0.717, 1.165) is 56.4 Å². The molecule has 0 spiro atoms. The molecule has 6 nitrogen and oxygen atoms in total. The summed E-state index contributed by atoms with van der Waals surface area (Å²) in [7, 11) is 1.64. The summed E-state index contributed by atoms with van der Waals surface area (Å²) in [5, 5.41) is 4.12. The van der Waals surface area contributed by atoms with E-state index in [-0.39, 0.29) is 11.9 Å². The van der Waals surface area contributed by atoms with Crippen LogP contribution in [0.5, 0.6) is 5.75 Å². The summed E-state index contributed by atoms with van der Waals surface area (Å²) in [6.45, 7) is 2.92. The van der Waals surface area contributed by atoms with E-state index in [4.69, 9.17) is 9.26 Å². The van der Waals surface area contributed by atoms with Gasteiger partial charge in [0.05, 0.1) is 7.11 Å². The van der Waals surface area contributed by atoms with Gasteiger partial charge in [0.15, 0.2) is 0 Å². The van der Waals surface area contributed by atoms with Gasteiger partial charge in [0.2, 0.25) is 17.6 Å². The van der Waals surface area contributed by atoms with Gasteiger partial charge >= 0.3 is 0 Å². The standard InChI is InChI=1S/C20H27N3O3/c1-3-4-5-9-18(24)23-14-7-6-8-17(23)20-21-19(22-26-20)15-10-12-16(25-2)13-11-15/h10-13,17H,3-9,14H2,1-2H3/t17-/m0/s1. The fourth-order valence-electron chi connectivity index (χ4n) is 3.38. The maximum Gasteiger partial charge on any atom is 0.249 e. The molecule has 1 aromatic heterocycles. The summed E-state index contributed by atoms with van der Waals surface area (Å²) in [6, 6.07) is 7.45. The minimum atomic E-state index is -0.0997. The molecule has 140 valence electrons. The quantitative estimate of drug-likeness (QED) is 0.688. The Hall–Kier alpha value is -2.37. The summed E-state index contributed by atoms with van der Waals surface area (Å²) < 4.78 is 10.7. The van der Waals surface area contributed by atoms with Gasteiger partial charge < -0.3 is 14.2 Å². The fraction of sp³-hybridized carbons (Fsp3) is 0.550. The maximum absolute atomic E-state index is 12.6. The fourth-order valence-corrected chi connectivity index (χ4v) is 3.38. The third kappa shape index (κ3) is 4.23. The number of piperidine rings is 1. The van der Waals surface area contributed by atoms with Gasteiger partial charge in [-0.15, -0.1) is 0 Å². The minimum absolute atomic E-state index is 0.0997. The lowest BCUT2D eigenvalue weighted by Crippen LogP contribution is -2.38. The Morgan fingerprint density at radius 1 is 1.27 bits per heavy atom. The van der Waals surface area contributed by atoms with Gasteiger partial charge in [-0.25, -0.2) is 0 Å². The van der Waals surface area contributed by atoms with Crippen molar-refractivity contribution in [3.05, 3.63) is 30.2 Å². The first kappa shape index (κ1) is 18.4. The second kappa shape index (κ2) is 8.83. The largest absolute Gasteiger partial charge is 0.497 e. The van der Waals surface area contributed by atoms with Crippen molar-refractivity contribution < 1.29 is 14.1 Å². The summed E-state index contributed by atoms with van der Waals surface area (Å²) in [6.07, 6.45) is 6.74. The zero-order valence-electron chi connectivity index (χ0n) is 15.6. The first-order valence-corrected chi connectivity index (χ1v) is 9.50. The van der Waals surface area contributed by atoms with Crippen LogP contribution in [0.15, 0.2) is 28.8 Å². The number of hydrogen-bond acceptors (Lipinski definition) is 5. The number of benzene rings is 1. The van der Waals surface area contributed by atoms with Crippen LogP contribution < -0.4 is 4.74 Å². The average molecular weight is 357 g/mol. The summed E-state index contributed by atoms with van der Waals surface area (Å²) in [4.78, 5) is 19.1. The van der Waals surface area contributed by atoms with Crippen LogP contribution in [0.2, 0.25) is 0 Å². The van der Waals surface area contributed by atoms with Crippen LogP contribution in [-0.4, -0.2) is 34.6 Å². The third-order valence-electron chi connectivity index (χ3n) is 4.89. The number of rotatable bonds is 7. The van der Waals surface area contributed by atoms with E-state index >= 15 is 0 Å². The van der Waals surface area contributed by atoms with Gasteiger partial charge in [0, 0.05) is 18.5 Å². The Labute approximate surface area is 154 Å². The van der Waals surface area contributed by atoms with Gasteiger partial charge in [0.1, 0.15) is 11.8 Å². The number of carbonyl (C=O) groups is 1. The predicted molar refractivity (Wildman–Crippen MR) is 98.7 cm³/mol. The Morgan fingerprint density at radius 2 is 2.08 bits per heavy atom. The number of ether oxygens (including phenoxy) is 1. The van der Waals surface area contributed by atoms with Crippen molar-refractivity contribution >= 4 is 5.91 Å². The van der Waals surface area contributed by atoms with E-state index in [0.29, 0.717) is 18.1 Å². The lowest BCUT2D eigenvalue weighted by Gasteiger charge is -2.33. The number of unbranched alkanes of at least 4 members (excludes halogenated alkanes) is 2. The topological polar surface area (TPSA) is 68.5 Å². The highest BCUT2D eigenvalue weighted by Crippen LogP contribution is 2.32. The highest BCUT2D eigenvalue weighted by atomic mass is 16.5. The number of methoxy groups -OCH3 is 1. The molecule has 0 saturated carbocycles. The van der Waals surface area contributed by atoms with Crippen molar-refractivity contribution in [2.45, 2.75) is 57.9 Å². The number of amides is 1. The third-order valence-corrected chi connectivity index (χ3v) is 4.89. The Morgan fingerprint density at radius 3 is 2.81 bits per heavy atom. The van der Waals surface area contributed by atoms with Crippen molar-refractivity contribution in [1.29, 1.82) is 0 Å². The summed E-state index contributed by atoms with van der Waals surface area (Å²) in [5.41, 5.74) is 0.873. The molecule has 26 heavy (non-hydrogen) atoms. The van der Waals surface area contributed by atoms with E-state index < -0.39 is 0 Å². The van der Waals surface area contributed by atoms with Crippen LogP contribution in [0, 0.1) is 0 Å². The molecule has 2 heterocycles. The van der Waals surface area contributed by atoms with Gasteiger partial charge in [-0.05, 0) is 49.9 Å². The molecule has 1 aliphatic heterocycles. The molecule has 0 bridgehead atoms. The molecule has 1 saturated heterocycles. The van der Waals surface area contributed by atoms with Crippen molar-refractivity contribution in [1.82, 2.24) is 15.0 Å². The molecule has 1 amide bonds. The number of hydrogen-bond donors (Lipinski definition) is 0. The molecule has 1 aliphatic rings. The van der Waals surface area contributed by atoms with Crippen LogP contribution in [-0.2, 0) is 4.79 Å². The molecule has 0 N–H and O–H groups in total. The number of aromatic nitrogens is 2. The molecule has 3 rings (SSSR count). The molecule has 1 aromatic carbocycles. The molecule has 1 fully saturated rings. The first-order valence-electron chi connectivity index (χ1n) is 9.50. The van der Waals surface area contributed by atoms with Gasteiger partial charge in [-0.3, -0.25) is 4.79 Å². The van der Waals surface area contributed by atoms with Crippen molar-refractivity contribution in [3.8, 4) is 17.1 Å². The first-order chi connectivity index (χ1) is 12.7. The Bertz CT molecular complexity index is 711. The maximum atomic E-state index is 12.6. The normalized spacial score (nSPS) is 17.3. The zero-order chi connectivity index (χ0) is 18.4. The molecule has 0 radical (unpaired) electrons. The molecule has 2 aromatic rings. The van der Waals surface area contributed by atoms with Gasteiger partial charge in [-0.2, -0.15) is 4.98 Å². The SMILES string of the molecule is CCCCCC(=O)N1CCCC[C@H]1c1nc(-c2ccc(OC)cc2)no1. The summed E-state index contributed by atoms with van der Waals surface area (Å²) >= 11 is 0. The van der Waals surface area contributed by atoms with E-state index in [1.165, 1.54) is 0 Å². The summed E-state index contributed by atoms with van der Waals surface area (Å²) in [5.74, 6) is 2.08. The average Bonchev–Trinajstić information content (AvgIpc) is 3.18. The lowest BCUT2D eigenvalue weighted by atomic mass is 10.0. The second-order valence-electron chi connectivity index (χ2n) is 6.74. The smallest absolute Gasteiger partial charge is 0.249 e. The highest BCUT2D eigenvalue weighted by Gasteiger charge is 2.31. The molecular weight excluding hydrogens is 330 g/mol. The minimum Gasteiger partial charge on any atom is -0.497 e. The monoisotopic (exact) mass is 357 g/mol. The van der Waals surface area contributed by atoms with E-state index in [1.807, 2.05) is 29.2 Å². The number of nitrogens with zero attached hydrogens (tertiary/aromatic N) is 3. The van der Waals surface area contributed by atoms with Crippen molar-refractivity contribution in [2.75, 3.05) is 13.7 Å². The van der Waals surface area contributed by atoms with Crippen molar-refractivity contribution in [3.63, 3.8) is 0 Å². The molecule has 1 atom stereocenters. The number of likely N-dealkylation sites (tertiary alicyclic amines) is 1. The number of carbonyl (C=O) groups excluding carboxylic acids is 1. The van der Waals surface area contributed by atoms with Crippen LogP contribution in [0.1, 0.15) is 63.8 Å². The molecule has 0 unspecified atom stereocenters. The van der Waals surface area contributed by atoms with Crippen LogP contribution in [0.25, 0.3) is 11.4 Å². The van der Waals surface area contributed by atoms with Crippen LogP contribution in [0.3, 0.4) is 0 Å². The lowest BCUT2D eigenvalue weighted by molar-refractivity contribution is -0.135. The van der Waals surface area contributed by atoms with Crippen LogP contribution >= 0.6 is 0 Å². The van der Waals surface area contributed by atoms with Gasteiger partial charge in [-0.1, -0.05) is 24.9 Å². The molecular formula is C20H27N3O3. The van der Waals surface area contributed by atoms with Crippen molar-refractivity contribution in [2.24, 2.45) is 0 Å². The van der Waals surface area contributed by atoms with Gasteiger partial charge in [0.25, 0.3) is 0 Å². The zero-order valence-corrected chi connectivity index (χ0v) is 15.6. The second-order valence-corrected chi connectivity index (χ2v) is 6.74. The van der Waals surface area contributed by atoms with E-state index in [2.05, 4.69) is 17.1 Å².